The van der Waals surface area contributed by atoms with Gasteiger partial charge in [-0.15, -0.1) is 0 Å². The molecule has 2 aliphatic rings. The molecule has 0 radical (unpaired) electrons. The predicted octanol–water partition coefficient (Wildman–Crippen LogP) is 4.20. The number of nitrogens with one attached hydrogen (secondary N) is 1. The lowest BCUT2D eigenvalue weighted by Crippen LogP contribution is -2.32. The van der Waals surface area contributed by atoms with Crippen LogP contribution in [0.4, 0.5) is 0 Å². The lowest BCUT2D eigenvalue weighted by molar-refractivity contribution is -0.121. The summed E-state index contributed by atoms with van der Waals surface area (Å²) >= 11 is 0. The number of para-hydroxylation sites is 1. The second-order valence-corrected chi connectivity index (χ2v) is 7.30. The Bertz CT molecular complexity index is 530. The van der Waals surface area contributed by atoms with Crippen molar-refractivity contribution in [1.82, 2.24) is 5.32 Å². The molecule has 126 valence electrons. The highest BCUT2D eigenvalue weighted by Crippen LogP contribution is 2.50. The minimum absolute atomic E-state index is 0.104. The zero-order valence-electron chi connectivity index (χ0n) is 14.3. The highest BCUT2D eigenvalue weighted by Gasteiger charge is 2.46. The summed E-state index contributed by atoms with van der Waals surface area (Å²) in [5, 5.41) is 3.18. The quantitative estimate of drug-likeness (QED) is 0.819. The van der Waals surface area contributed by atoms with Gasteiger partial charge in [0.25, 0.3) is 0 Å². The minimum atomic E-state index is 0.104. The number of hydrogen-bond acceptors (Lipinski definition) is 2. The van der Waals surface area contributed by atoms with E-state index in [2.05, 4.69) is 17.4 Å². The highest BCUT2D eigenvalue weighted by molar-refractivity contribution is 5.76. The van der Waals surface area contributed by atoms with Crippen molar-refractivity contribution in [3.63, 3.8) is 0 Å². The van der Waals surface area contributed by atoms with Gasteiger partial charge in [0, 0.05) is 23.9 Å². The van der Waals surface area contributed by atoms with Gasteiger partial charge in [-0.2, -0.15) is 0 Å². The maximum atomic E-state index is 12.2. The van der Waals surface area contributed by atoms with Crippen LogP contribution in [0, 0.1) is 5.92 Å². The molecule has 0 spiro atoms. The summed E-state index contributed by atoms with van der Waals surface area (Å²) in [6, 6.07) is 8.21. The van der Waals surface area contributed by atoms with E-state index >= 15 is 0 Å². The fourth-order valence-corrected chi connectivity index (χ4v) is 3.94. The molecule has 2 saturated carbocycles. The Kier molecular flexibility index (Phi) is 5.24. The van der Waals surface area contributed by atoms with Gasteiger partial charge >= 0.3 is 0 Å². The number of carbonyl (C=O) groups excluding carboxylic acids is 1. The number of ether oxygens (including phenoxy) is 1. The van der Waals surface area contributed by atoms with Gasteiger partial charge in [0.2, 0.25) is 5.91 Å². The Balaban J connectivity index is 1.48. The topological polar surface area (TPSA) is 38.3 Å². The summed E-state index contributed by atoms with van der Waals surface area (Å²) in [7, 11) is 1.72. The van der Waals surface area contributed by atoms with Gasteiger partial charge in [0.05, 0.1) is 7.11 Å². The van der Waals surface area contributed by atoms with Gasteiger partial charge in [-0.25, -0.2) is 0 Å². The smallest absolute Gasteiger partial charge is 0.220 e. The molecule has 3 rings (SSSR count). The third-order valence-electron chi connectivity index (χ3n) is 5.66. The largest absolute Gasteiger partial charge is 0.496 e. The number of methoxy groups -OCH3 is 1. The molecule has 3 heteroatoms. The van der Waals surface area contributed by atoms with Crippen LogP contribution in [0.3, 0.4) is 0 Å². The van der Waals surface area contributed by atoms with E-state index < -0.39 is 0 Å². The SMILES string of the molecule is COc1ccccc1C1(CNC(=O)CCC2CCCCC2)CC1. The monoisotopic (exact) mass is 315 g/mol. The van der Waals surface area contributed by atoms with E-state index in [4.69, 9.17) is 4.74 Å². The van der Waals surface area contributed by atoms with Crippen LogP contribution < -0.4 is 10.1 Å². The number of carbonyl (C=O) groups is 1. The van der Waals surface area contributed by atoms with E-state index in [1.54, 1.807) is 7.11 Å². The molecule has 0 aromatic heterocycles. The summed E-state index contributed by atoms with van der Waals surface area (Å²) in [5.41, 5.74) is 1.35. The normalized spacial score (nSPS) is 20.0. The first-order valence-electron chi connectivity index (χ1n) is 9.14. The van der Waals surface area contributed by atoms with E-state index in [1.807, 2.05) is 12.1 Å². The molecule has 0 saturated heterocycles. The van der Waals surface area contributed by atoms with Gasteiger partial charge in [-0.3, -0.25) is 4.79 Å². The lowest BCUT2D eigenvalue weighted by atomic mass is 9.86. The van der Waals surface area contributed by atoms with Gasteiger partial charge in [0.15, 0.2) is 0 Å². The molecule has 1 amide bonds. The van der Waals surface area contributed by atoms with Gasteiger partial charge in [0.1, 0.15) is 5.75 Å². The van der Waals surface area contributed by atoms with Gasteiger partial charge in [-0.1, -0.05) is 50.3 Å². The van der Waals surface area contributed by atoms with Crippen LogP contribution >= 0.6 is 0 Å². The first-order chi connectivity index (χ1) is 11.2. The average molecular weight is 315 g/mol. The molecule has 23 heavy (non-hydrogen) atoms. The van der Waals surface area contributed by atoms with Crippen LogP contribution in [0.15, 0.2) is 24.3 Å². The highest BCUT2D eigenvalue weighted by atomic mass is 16.5. The van der Waals surface area contributed by atoms with E-state index in [-0.39, 0.29) is 11.3 Å². The first kappa shape index (κ1) is 16.4. The van der Waals surface area contributed by atoms with Crippen molar-refractivity contribution in [1.29, 1.82) is 0 Å². The van der Waals surface area contributed by atoms with Crippen molar-refractivity contribution in [2.45, 2.75) is 63.2 Å². The third kappa shape index (κ3) is 4.07. The minimum Gasteiger partial charge on any atom is -0.496 e. The Morgan fingerprint density at radius 1 is 1.22 bits per heavy atom. The molecule has 0 aliphatic heterocycles. The Morgan fingerprint density at radius 2 is 1.96 bits per heavy atom. The van der Waals surface area contributed by atoms with Crippen molar-refractivity contribution >= 4 is 5.91 Å². The van der Waals surface area contributed by atoms with Crippen molar-refractivity contribution in [3.05, 3.63) is 29.8 Å². The summed E-state index contributed by atoms with van der Waals surface area (Å²) in [6.45, 7) is 0.747. The Hall–Kier alpha value is -1.51. The third-order valence-corrected chi connectivity index (χ3v) is 5.66. The van der Waals surface area contributed by atoms with Gasteiger partial charge < -0.3 is 10.1 Å². The summed E-state index contributed by atoms with van der Waals surface area (Å²) in [6.07, 6.45) is 10.7. The number of benzene rings is 1. The summed E-state index contributed by atoms with van der Waals surface area (Å²) in [4.78, 5) is 12.2. The Morgan fingerprint density at radius 3 is 2.65 bits per heavy atom. The van der Waals surface area contributed by atoms with Crippen LogP contribution in [0.25, 0.3) is 0 Å². The maximum Gasteiger partial charge on any atom is 0.220 e. The fourth-order valence-electron chi connectivity index (χ4n) is 3.94. The molecule has 1 aromatic rings. The van der Waals surface area contributed by atoms with Crippen LogP contribution in [-0.4, -0.2) is 19.6 Å². The molecule has 0 bridgehead atoms. The number of amides is 1. The fraction of sp³-hybridized carbons (Fsp3) is 0.650. The molecule has 0 unspecified atom stereocenters. The molecular formula is C20H29NO2. The molecule has 1 aromatic carbocycles. The number of rotatable bonds is 7. The van der Waals surface area contributed by atoms with Crippen molar-refractivity contribution in [3.8, 4) is 5.75 Å². The van der Waals surface area contributed by atoms with Crippen LogP contribution in [0.1, 0.15) is 63.4 Å². The van der Waals surface area contributed by atoms with Crippen LogP contribution in [0.5, 0.6) is 5.75 Å². The molecule has 3 nitrogen and oxygen atoms in total. The van der Waals surface area contributed by atoms with Crippen molar-refractivity contribution in [2.75, 3.05) is 13.7 Å². The molecule has 2 aliphatic carbocycles. The average Bonchev–Trinajstić information content (AvgIpc) is 3.40. The second kappa shape index (κ2) is 7.37. The van der Waals surface area contributed by atoms with Crippen LogP contribution in [0.2, 0.25) is 0 Å². The summed E-state index contributed by atoms with van der Waals surface area (Å²) < 4.78 is 5.49. The predicted molar refractivity (Wildman–Crippen MR) is 92.7 cm³/mol. The summed E-state index contributed by atoms with van der Waals surface area (Å²) in [5.74, 6) is 1.94. The van der Waals surface area contributed by atoms with Crippen LogP contribution in [-0.2, 0) is 10.2 Å². The maximum absolute atomic E-state index is 12.2. The van der Waals surface area contributed by atoms with E-state index in [0.29, 0.717) is 6.42 Å². The van der Waals surface area contributed by atoms with E-state index in [0.717, 1.165) is 37.5 Å². The van der Waals surface area contributed by atoms with Crippen molar-refractivity contribution < 1.29 is 9.53 Å². The molecule has 0 atom stereocenters. The second-order valence-electron chi connectivity index (χ2n) is 7.30. The lowest BCUT2D eigenvalue weighted by Gasteiger charge is -2.22. The molecule has 0 heterocycles. The number of hydrogen-bond donors (Lipinski definition) is 1. The van der Waals surface area contributed by atoms with Crippen molar-refractivity contribution in [2.24, 2.45) is 5.92 Å². The molecule has 2 fully saturated rings. The van der Waals surface area contributed by atoms with E-state index in [9.17, 15) is 4.79 Å². The standard InChI is InChI=1S/C20H29NO2/c1-23-18-10-6-5-9-17(18)20(13-14-20)15-21-19(22)12-11-16-7-3-2-4-8-16/h5-6,9-10,16H,2-4,7-8,11-15H2,1H3,(H,21,22). The molecule has 1 N–H and O–H groups in total. The van der Waals surface area contributed by atoms with Gasteiger partial charge in [-0.05, 0) is 31.2 Å². The first-order valence-corrected chi connectivity index (χ1v) is 9.14. The van der Waals surface area contributed by atoms with E-state index in [1.165, 1.54) is 37.7 Å². The molecular weight excluding hydrogens is 286 g/mol. The zero-order chi connectivity index (χ0) is 16.1. The Labute approximate surface area is 139 Å². The zero-order valence-corrected chi connectivity index (χ0v) is 14.3.